The topological polar surface area (TPSA) is 96.0 Å². The Hall–Kier alpha value is -1.50. The monoisotopic (exact) mass is 475 g/mol. The van der Waals surface area contributed by atoms with Gasteiger partial charge in [-0.25, -0.2) is 9.59 Å². The summed E-state index contributed by atoms with van der Waals surface area (Å²) in [7, 11) is -4.07. The quantitative estimate of drug-likeness (QED) is 0.266. The van der Waals surface area contributed by atoms with Crippen molar-refractivity contribution in [2.45, 2.75) is 64.2 Å². The van der Waals surface area contributed by atoms with Crippen LogP contribution in [0.2, 0.25) is 0 Å². The Morgan fingerprint density at radius 1 is 0.774 bits per heavy atom. The van der Waals surface area contributed by atoms with Gasteiger partial charge in [-0.1, -0.05) is 40.0 Å². The summed E-state index contributed by atoms with van der Waals surface area (Å²) in [6, 6.07) is 3.65. The maximum Gasteiger partial charge on any atom is 0.337 e. The third-order valence-electron chi connectivity index (χ3n) is 5.05. The Kier molecular flexibility index (Phi) is 11.7. The molecule has 1 aromatic carbocycles. The normalized spacial score (nSPS) is 11.9. The molecule has 0 aliphatic carbocycles. The number of hydrogen-bond acceptors (Lipinski definition) is 7. The van der Waals surface area contributed by atoms with Crippen molar-refractivity contribution >= 4 is 29.5 Å². The smallest absolute Gasteiger partial charge is 0.337 e. The van der Waals surface area contributed by atoms with Crippen LogP contribution in [0.5, 0.6) is 0 Å². The lowest BCUT2D eigenvalue weighted by Gasteiger charge is -2.25. The van der Waals surface area contributed by atoms with E-state index in [0.29, 0.717) is 0 Å². The number of hydrogen-bond donors (Lipinski definition) is 0. The highest BCUT2D eigenvalue weighted by atomic mass is 32.2. The fraction of sp³-hybridized carbons (Fsp3) is 0.636. The molecular formula is C22H36O7PS+. The average molecular weight is 476 g/mol. The summed E-state index contributed by atoms with van der Waals surface area (Å²) in [5.74, 6) is -1.49. The fourth-order valence-electron chi connectivity index (χ4n) is 3.25. The highest BCUT2D eigenvalue weighted by Gasteiger charge is 2.44. The Morgan fingerprint density at radius 2 is 1.16 bits per heavy atom. The molecule has 7 nitrogen and oxygen atoms in total. The van der Waals surface area contributed by atoms with Crippen LogP contribution in [0.1, 0.15) is 80.0 Å². The van der Waals surface area contributed by atoms with E-state index >= 15 is 0 Å². The van der Waals surface area contributed by atoms with Crippen LogP contribution >= 0.6 is 7.49 Å². The number of benzene rings is 1. The molecule has 0 spiro atoms. The maximum atomic E-state index is 13.4. The highest BCUT2D eigenvalue weighted by molar-refractivity contribution is 7.94. The predicted octanol–water partition coefficient (Wildman–Crippen LogP) is 5.30. The van der Waals surface area contributed by atoms with Gasteiger partial charge in [-0.3, -0.25) is 0 Å². The molecule has 0 N–H and O–H groups in total. The van der Waals surface area contributed by atoms with Gasteiger partial charge in [0.15, 0.2) is 7.49 Å². The van der Waals surface area contributed by atoms with Gasteiger partial charge in [-0.15, -0.1) is 3.97 Å². The lowest BCUT2D eigenvalue weighted by molar-refractivity contribution is 0.0598. The van der Waals surface area contributed by atoms with E-state index in [-0.39, 0.29) is 16.0 Å². The molecule has 31 heavy (non-hydrogen) atoms. The number of carbonyl (C=O) groups excluding carboxylic acids is 2. The van der Waals surface area contributed by atoms with Crippen LogP contribution in [0.4, 0.5) is 0 Å². The van der Waals surface area contributed by atoms with Gasteiger partial charge in [0, 0.05) is 0 Å². The first-order valence-electron chi connectivity index (χ1n) is 10.8. The minimum Gasteiger partial charge on any atom is -0.465 e. The van der Waals surface area contributed by atoms with Gasteiger partial charge >= 0.3 is 22.1 Å². The Labute approximate surface area is 187 Å². The van der Waals surface area contributed by atoms with E-state index in [1.54, 1.807) is 0 Å². The van der Waals surface area contributed by atoms with E-state index in [4.69, 9.17) is 13.4 Å². The molecule has 0 bridgehead atoms. The highest BCUT2D eigenvalue weighted by Crippen LogP contribution is 2.63. The first kappa shape index (κ1) is 27.5. The number of rotatable bonds is 14. The van der Waals surface area contributed by atoms with Crippen LogP contribution in [-0.4, -0.2) is 53.1 Å². The average Bonchev–Trinajstić information content (AvgIpc) is 2.78. The molecule has 0 amide bonds. The number of ether oxygens (including phenoxy) is 2. The summed E-state index contributed by atoms with van der Waals surface area (Å²) in [5, 5.41) is 0. The molecule has 0 atom stereocenters. The second-order valence-corrected chi connectivity index (χ2v) is 13.0. The van der Waals surface area contributed by atoms with Gasteiger partial charge in [0.05, 0.1) is 48.7 Å². The SMILES string of the molecule is CCCC[P+](CCCC)(CCCC)OS(=O)(=O)c1cc(C(=O)OC)cc(C(=O)OC)c1. The van der Waals surface area contributed by atoms with E-state index in [0.717, 1.165) is 57.0 Å². The number of unbranched alkanes of at least 4 members (excludes halogenated alkanes) is 3. The summed E-state index contributed by atoms with van der Waals surface area (Å²) < 4.78 is 42.2. The van der Waals surface area contributed by atoms with E-state index in [1.807, 2.05) is 0 Å². The molecule has 0 fully saturated rings. The molecule has 0 saturated heterocycles. The van der Waals surface area contributed by atoms with Crippen molar-refractivity contribution < 1.29 is 31.5 Å². The Balaban J connectivity index is 3.48. The number of carbonyl (C=O) groups is 2. The fourth-order valence-corrected chi connectivity index (χ4v) is 10.0. The minimum atomic E-state index is -4.20. The predicted molar refractivity (Wildman–Crippen MR) is 124 cm³/mol. The van der Waals surface area contributed by atoms with Crippen molar-refractivity contribution in [2.24, 2.45) is 0 Å². The van der Waals surface area contributed by atoms with Gasteiger partial charge in [-0.05, 0) is 37.5 Å². The molecule has 0 aliphatic heterocycles. The molecule has 0 aromatic heterocycles. The molecule has 1 aromatic rings. The van der Waals surface area contributed by atoms with Crippen molar-refractivity contribution in [3.63, 3.8) is 0 Å². The third kappa shape index (κ3) is 8.17. The molecule has 0 radical (unpaired) electrons. The second kappa shape index (κ2) is 13.1. The number of methoxy groups -OCH3 is 2. The zero-order valence-electron chi connectivity index (χ0n) is 19.3. The minimum absolute atomic E-state index is 0.0489. The molecule has 0 heterocycles. The molecule has 0 aliphatic rings. The van der Waals surface area contributed by atoms with Gasteiger partial charge in [0.1, 0.15) is 0 Å². The standard InChI is InChI=1S/C22H36O7PS/c1-6-9-12-30(13-10-7-2,14-11-8-3)29-31(25,26)20-16-18(21(23)27-4)15-19(17-20)22(24)28-5/h15-17H,6-14H2,1-5H3/q+1. The van der Waals surface area contributed by atoms with E-state index in [9.17, 15) is 18.0 Å². The van der Waals surface area contributed by atoms with Gasteiger partial charge in [-0.2, -0.15) is 8.42 Å². The summed E-state index contributed by atoms with van der Waals surface area (Å²) in [6.45, 7) is 6.22. The van der Waals surface area contributed by atoms with Crippen LogP contribution < -0.4 is 0 Å². The van der Waals surface area contributed by atoms with Crippen molar-refractivity contribution in [3.05, 3.63) is 29.3 Å². The lowest BCUT2D eigenvalue weighted by atomic mass is 10.1. The number of esters is 2. The Morgan fingerprint density at radius 3 is 1.48 bits per heavy atom. The molecular weight excluding hydrogens is 439 g/mol. The summed E-state index contributed by atoms with van der Waals surface area (Å²) in [4.78, 5) is 23.9. The molecule has 9 heteroatoms. The summed E-state index contributed by atoms with van der Waals surface area (Å²) in [5.41, 5.74) is -0.0978. The van der Waals surface area contributed by atoms with E-state index in [2.05, 4.69) is 20.8 Å². The summed E-state index contributed by atoms with van der Waals surface area (Å²) >= 11 is 0. The lowest BCUT2D eigenvalue weighted by Crippen LogP contribution is -2.18. The van der Waals surface area contributed by atoms with Crippen LogP contribution in [-0.2, 0) is 23.6 Å². The van der Waals surface area contributed by atoms with Crippen molar-refractivity contribution in [2.75, 3.05) is 32.7 Å². The largest absolute Gasteiger partial charge is 0.465 e. The zero-order valence-corrected chi connectivity index (χ0v) is 21.0. The van der Waals surface area contributed by atoms with Gasteiger partial charge in [0.25, 0.3) is 0 Å². The van der Waals surface area contributed by atoms with Crippen molar-refractivity contribution in [1.29, 1.82) is 0 Å². The molecule has 1 rings (SSSR count). The van der Waals surface area contributed by atoms with E-state index in [1.165, 1.54) is 32.4 Å². The van der Waals surface area contributed by atoms with Crippen LogP contribution in [0.15, 0.2) is 23.1 Å². The second-order valence-electron chi connectivity index (χ2n) is 7.55. The van der Waals surface area contributed by atoms with Crippen LogP contribution in [0.25, 0.3) is 0 Å². The molecule has 0 saturated carbocycles. The zero-order chi connectivity index (χ0) is 23.5. The first-order valence-corrected chi connectivity index (χ1v) is 14.5. The van der Waals surface area contributed by atoms with E-state index < -0.39 is 29.5 Å². The molecule has 176 valence electrons. The summed E-state index contributed by atoms with van der Waals surface area (Å²) in [6.07, 6.45) is 7.76. The van der Waals surface area contributed by atoms with Crippen molar-refractivity contribution in [3.8, 4) is 0 Å². The first-order chi connectivity index (χ1) is 14.7. The van der Waals surface area contributed by atoms with Gasteiger partial charge in [0.2, 0.25) is 0 Å². The van der Waals surface area contributed by atoms with Crippen LogP contribution in [0.3, 0.4) is 0 Å². The maximum absolute atomic E-state index is 13.4. The van der Waals surface area contributed by atoms with Gasteiger partial charge < -0.3 is 9.47 Å². The molecule has 0 unspecified atom stereocenters. The Bertz CT molecular complexity index is 780. The third-order valence-corrected chi connectivity index (χ3v) is 11.3. The van der Waals surface area contributed by atoms with Crippen molar-refractivity contribution in [1.82, 2.24) is 0 Å². The van der Waals surface area contributed by atoms with Crippen LogP contribution in [0, 0.1) is 0 Å².